The number of halogens is 1. The van der Waals surface area contributed by atoms with E-state index in [1.165, 1.54) is 12.1 Å². The summed E-state index contributed by atoms with van der Waals surface area (Å²) >= 11 is 3.21. The maximum atomic E-state index is 12.0. The van der Waals surface area contributed by atoms with Gasteiger partial charge >= 0.3 is 5.97 Å². The molecular weight excluding hydrogens is 366 g/mol. The number of aromatic carboxylic acids is 1. The number of carbonyl (C=O) groups excluding carboxylic acids is 1. The molecule has 1 amide bonds. The van der Waals surface area contributed by atoms with Crippen molar-refractivity contribution in [3.8, 4) is 0 Å². The summed E-state index contributed by atoms with van der Waals surface area (Å²) in [7, 11) is 0. The summed E-state index contributed by atoms with van der Waals surface area (Å²) in [6, 6.07) is 4.41. The van der Waals surface area contributed by atoms with Crippen LogP contribution in [0.2, 0.25) is 0 Å². The zero-order valence-electron chi connectivity index (χ0n) is 12.7. The number of carboxylic acids is 1. The Labute approximate surface area is 143 Å². The van der Waals surface area contributed by atoms with Gasteiger partial charge in [-0.2, -0.15) is 0 Å². The van der Waals surface area contributed by atoms with Gasteiger partial charge in [-0.25, -0.2) is 4.79 Å². The van der Waals surface area contributed by atoms with Gasteiger partial charge in [-0.1, -0.05) is 15.9 Å². The molecule has 1 aromatic rings. The third-order valence-corrected chi connectivity index (χ3v) is 3.94. The molecule has 2 N–H and O–H groups in total. The van der Waals surface area contributed by atoms with Crippen molar-refractivity contribution < 1.29 is 24.2 Å². The fourth-order valence-corrected chi connectivity index (χ4v) is 2.81. The van der Waals surface area contributed by atoms with E-state index in [0.29, 0.717) is 36.2 Å². The van der Waals surface area contributed by atoms with Crippen LogP contribution in [0.5, 0.6) is 0 Å². The second kappa shape index (κ2) is 9.00. The Kier molecular flexibility index (Phi) is 7.01. The van der Waals surface area contributed by atoms with E-state index in [0.717, 1.165) is 19.4 Å². The first-order valence-corrected chi connectivity index (χ1v) is 8.37. The molecule has 23 heavy (non-hydrogen) atoms. The number of carboxylic acid groups (broad SMARTS) is 1. The van der Waals surface area contributed by atoms with Crippen LogP contribution < -0.4 is 5.32 Å². The van der Waals surface area contributed by atoms with Crippen molar-refractivity contribution in [2.45, 2.75) is 25.4 Å². The van der Waals surface area contributed by atoms with Gasteiger partial charge in [-0.05, 0) is 37.5 Å². The molecule has 7 heteroatoms. The van der Waals surface area contributed by atoms with Crippen molar-refractivity contribution >= 4 is 27.8 Å². The summed E-state index contributed by atoms with van der Waals surface area (Å²) < 4.78 is 11.5. The van der Waals surface area contributed by atoms with Crippen LogP contribution in [0.25, 0.3) is 0 Å². The number of carbonyl (C=O) groups is 2. The molecule has 0 radical (unpaired) electrons. The predicted octanol–water partition coefficient (Wildman–Crippen LogP) is 2.46. The van der Waals surface area contributed by atoms with Crippen LogP contribution in [0.4, 0.5) is 0 Å². The lowest BCUT2D eigenvalue weighted by molar-refractivity contribution is 0.0166. The Balaban J connectivity index is 1.69. The molecule has 1 aromatic carbocycles. The third-order valence-electron chi connectivity index (χ3n) is 3.49. The van der Waals surface area contributed by atoms with Crippen molar-refractivity contribution in [2.24, 2.45) is 0 Å². The minimum absolute atomic E-state index is 0.0735. The van der Waals surface area contributed by atoms with Gasteiger partial charge in [0.1, 0.15) is 0 Å². The van der Waals surface area contributed by atoms with Crippen molar-refractivity contribution in [3.63, 3.8) is 0 Å². The lowest BCUT2D eigenvalue weighted by Gasteiger charge is -2.10. The number of amides is 1. The van der Waals surface area contributed by atoms with Gasteiger partial charge < -0.3 is 19.9 Å². The van der Waals surface area contributed by atoms with Crippen molar-refractivity contribution in [3.05, 3.63) is 33.8 Å². The Hall–Kier alpha value is -1.44. The summed E-state index contributed by atoms with van der Waals surface area (Å²) in [4.78, 5) is 23.0. The van der Waals surface area contributed by atoms with Gasteiger partial charge in [0.05, 0.1) is 18.3 Å². The molecule has 2 rings (SSSR count). The summed E-state index contributed by atoms with van der Waals surface area (Å²) in [5, 5.41) is 11.8. The Bertz CT molecular complexity index is 557. The van der Waals surface area contributed by atoms with Gasteiger partial charge in [0.25, 0.3) is 5.91 Å². The molecule has 0 aromatic heterocycles. The van der Waals surface area contributed by atoms with E-state index >= 15 is 0 Å². The normalized spacial score (nSPS) is 17.2. The molecule has 0 aliphatic carbocycles. The number of hydrogen-bond donors (Lipinski definition) is 2. The average Bonchev–Trinajstić information content (AvgIpc) is 3.03. The van der Waals surface area contributed by atoms with Crippen LogP contribution in [-0.2, 0) is 9.47 Å². The number of nitrogens with one attached hydrogen (secondary N) is 1. The van der Waals surface area contributed by atoms with Crippen LogP contribution in [-0.4, -0.2) is 49.5 Å². The van der Waals surface area contributed by atoms with Crippen molar-refractivity contribution in [1.82, 2.24) is 5.32 Å². The molecule has 1 aliphatic rings. The molecule has 0 saturated carbocycles. The Morgan fingerprint density at radius 1 is 1.35 bits per heavy atom. The van der Waals surface area contributed by atoms with E-state index in [1.54, 1.807) is 6.07 Å². The molecule has 1 saturated heterocycles. The maximum absolute atomic E-state index is 12.0. The van der Waals surface area contributed by atoms with Crippen LogP contribution in [0.1, 0.15) is 40.0 Å². The SMILES string of the molecule is O=C(O)c1cc(Br)cc(C(=O)NCCCOCC2CCCO2)c1. The number of benzene rings is 1. The van der Waals surface area contributed by atoms with Gasteiger partial charge in [0, 0.05) is 29.8 Å². The number of ether oxygens (including phenoxy) is 2. The van der Waals surface area contributed by atoms with Gasteiger partial charge in [-0.3, -0.25) is 4.79 Å². The molecule has 0 spiro atoms. The summed E-state index contributed by atoms with van der Waals surface area (Å²) in [6.07, 6.45) is 3.04. The average molecular weight is 386 g/mol. The number of rotatable bonds is 8. The Morgan fingerprint density at radius 2 is 2.13 bits per heavy atom. The highest BCUT2D eigenvalue weighted by Gasteiger charge is 2.15. The van der Waals surface area contributed by atoms with Crippen molar-refractivity contribution in [2.75, 3.05) is 26.4 Å². The first kappa shape index (κ1) is 17.9. The van der Waals surface area contributed by atoms with Crippen molar-refractivity contribution in [1.29, 1.82) is 0 Å². The fourth-order valence-electron chi connectivity index (χ4n) is 2.31. The van der Waals surface area contributed by atoms with E-state index in [9.17, 15) is 9.59 Å². The largest absolute Gasteiger partial charge is 0.478 e. The monoisotopic (exact) mass is 385 g/mol. The quantitative estimate of drug-likeness (QED) is 0.671. The predicted molar refractivity (Wildman–Crippen MR) is 87.8 cm³/mol. The van der Waals surface area contributed by atoms with Crippen LogP contribution in [0.3, 0.4) is 0 Å². The Morgan fingerprint density at radius 3 is 2.83 bits per heavy atom. The molecule has 1 heterocycles. The number of hydrogen-bond acceptors (Lipinski definition) is 4. The van der Waals surface area contributed by atoms with Crippen LogP contribution >= 0.6 is 15.9 Å². The molecule has 6 nitrogen and oxygen atoms in total. The zero-order valence-corrected chi connectivity index (χ0v) is 14.3. The summed E-state index contributed by atoms with van der Waals surface area (Å²) in [6.45, 7) is 2.44. The van der Waals surface area contributed by atoms with E-state index in [2.05, 4.69) is 21.2 Å². The lowest BCUT2D eigenvalue weighted by atomic mass is 10.1. The van der Waals surface area contributed by atoms with Gasteiger partial charge in [-0.15, -0.1) is 0 Å². The summed E-state index contributed by atoms with van der Waals surface area (Å²) in [5.41, 5.74) is 0.390. The van der Waals surface area contributed by atoms with Gasteiger partial charge in [0.2, 0.25) is 0 Å². The highest BCUT2D eigenvalue weighted by atomic mass is 79.9. The highest BCUT2D eigenvalue weighted by molar-refractivity contribution is 9.10. The van der Waals surface area contributed by atoms with E-state index in [4.69, 9.17) is 14.6 Å². The highest BCUT2D eigenvalue weighted by Crippen LogP contribution is 2.16. The molecular formula is C16H20BrNO5. The standard InChI is InChI=1S/C16H20BrNO5/c17-13-8-11(7-12(9-13)16(20)21)15(19)18-4-2-5-22-10-14-3-1-6-23-14/h7-9,14H,1-6,10H2,(H,18,19)(H,20,21). The van der Waals surface area contributed by atoms with Crippen LogP contribution in [0.15, 0.2) is 22.7 Å². The summed E-state index contributed by atoms with van der Waals surface area (Å²) in [5.74, 6) is -1.36. The fraction of sp³-hybridized carbons (Fsp3) is 0.500. The lowest BCUT2D eigenvalue weighted by Crippen LogP contribution is -2.26. The van der Waals surface area contributed by atoms with E-state index in [-0.39, 0.29) is 17.6 Å². The van der Waals surface area contributed by atoms with Crippen LogP contribution in [0, 0.1) is 0 Å². The molecule has 1 unspecified atom stereocenters. The smallest absolute Gasteiger partial charge is 0.335 e. The molecule has 1 atom stereocenters. The van der Waals surface area contributed by atoms with E-state index in [1.807, 2.05) is 0 Å². The second-order valence-electron chi connectivity index (χ2n) is 5.35. The third kappa shape index (κ3) is 5.93. The van der Waals surface area contributed by atoms with Gasteiger partial charge in [0.15, 0.2) is 0 Å². The second-order valence-corrected chi connectivity index (χ2v) is 6.27. The molecule has 126 valence electrons. The molecule has 1 fully saturated rings. The minimum Gasteiger partial charge on any atom is -0.478 e. The topological polar surface area (TPSA) is 84.9 Å². The minimum atomic E-state index is -1.07. The molecule has 0 bridgehead atoms. The van der Waals surface area contributed by atoms with E-state index < -0.39 is 5.97 Å². The maximum Gasteiger partial charge on any atom is 0.335 e. The zero-order chi connectivity index (χ0) is 16.7. The molecule has 1 aliphatic heterocycles. The first-order chi connectivity index (χ1) is 11.1. The first-order valence-electron chi connectivity index (χ1n) is 7.57.